The smallest absolute Gasteiger partial charge is 0.335 e. The van der Waals surface area contributed by atoms with E-state index in [1.54, 1.807) is 50.2 Å². The minimum Gasteiger partial charge on any atom is -0.478 e. The molecule has 0 fully saturated rings. The van der Waals surface area contributed by atoms with Crippen molar-refractivity contribution in [1.82, 2.24) is 20.2 Å². The lowest BCUT2D eigenvalue weighted by molar-refractivity contribution is -0.131. The van der Waals surface area contributed by atoms with Crippen molar-refractivity contribution in [2.75, 3.05) is 0 Å². The van der Waals surface area contributed by atoms with Gasteiger partial charge in [-0.2, -0.15) is 0 Å². The molecule has 0 aliphatic heterocycles. The molecule has 53 heavy (non-hydrogen) atoms. The number of aromatic carboxylic acids is 1. The number of imidazole rings is 1. The van der Waals surface area contributed by atoms with Crippen molar-refractivity contribution in [1.29, 1.82) is 0 Å². The zero-order chi connectivity index (χ0) is 38.1. The number of nitrogens with zero attached hydrogens (tertiary/aromatic N) is 2. The average molecular weight is 776 g/mol. The molecular formula is C41H41Cl3N4O5. The zero-order valence-electron chi connectivity index (χ0n) is 29.6. The first-order chi connectivity index (χ1) is 25.4. The number of carboxylic acids is 1. The predicted octanol–water partition coefficient (Wildman–Crippen LogP) is 9.58. The molecule has 3 N–H and O–H groups in total. The minimum absolute atomic E-state index is 0.166. The second-order valence-electron chi connectivity index (χ2n) is 13.0. The molecule has 0 bridgehead atoms. The number of aromatic nitrogens is 2. The summed E-state index contributed by atoms with van der Waals surface area (Å²) in [6.07, 6.45) is 4.38. The van der Waals surface area contributed by atoms with Gasteiger partial charge in [0.25, 0.3) is 0 Å². The number of ether oxygens (including phenoxy) is 1. The van der Waals surface area contributed by atoms with E-state index in [0.717, 1.165) is 24.0 Å². The van der Waals surface area contributed by atoms with E-state index >= 15 is 0 Å². The van der Waals surface area contributed by atoms with Crippen LogP contribution in [-0.2, 0) is 29.0 Å². The fourth-order valence-electron chi connectivity index (χ4n) is 5.66. The monoisotopic (exact) mass is 774 g/mol. The molecule has 0 saturated carbocycles. The van der Waals surface area contributed by atoms with Gasteiger partial charge in [-0.05, 0) is 90.7 Å². The first-order valence-electron chi connectivity index (χ1n) is 17.4. The van der Waals surface area contributed by atoms with Crippen molar-refractivity contribution in [2.24, 2.45) is 5.92 Å². The Morgan fingerprint density at radius 3 is 2.00 bits per heavy atom. The third-order valence-corrected chi connectivity index (χ3v) is 9.41. The van der Waals surface area contributed by atoms with Gasteiger partial charge in [0.1, 0.15) is 23.4 Å². The van der Waals surface area contributed by atoms with Crippen molar-refractivity contribution in [3.8, 4) is 22.8 Å². The molecule has 0 aliphatic rings. The summed E-state index contributed by atoms with van der Waals surface area (Å²) in [6.45, 7) is 6.32. The lowest BCUT2D eigenvalue weighted by Gasteiger charge is -2.25. The molecule has 0 spiro atoms. The molecule has 0 saturated heterocycles. The fraction of sp³-hybridized carbons (Fsp3) is 0.268. The number of hydrogen-bond donors (Lipinski definition) is 3. The average Bonchev–Trinajstić information content (AvgIpc) is 3.55. The summed E-state index contributed by atoms with van der Waals surface area (Å²) in [4.78, 5) is 43.5. The molecule has 5 rings (SSSR count). The number of halogens is 3. The van der Waals surface area contributed by atoms with Gasteiger partial charge in [-0.1, -0.05) is 86.3 Å². The van der Waals surface area contributed by atoms with Gasteiger partial charge in [0.15, 0.2) is 0 Å². The van der Waals surface area contributed by atoms with E-state index in [2.05, 4.69) is 17.6 Å². The summed E-state index contributed by atoms with van der Waals surface area (Å²) >= 11 is 19.0. The van der Waals surface area contributed by atoms with Crippen LogP contribution in [0.3, 0.4) is 0 Å². The first-order valence-corrected chi connectivity index (χ1v) is 18.5. The molecule has 0 radical (unpaired) electrons. The number of carbonyl (C=O) groups excluding carboxylic acids is 2. The van der Waals surface area contributed by atoms with Crippen LogP contribution in [0.1, 0.15) is 67.0 Å². The number of rotatable bonds is 16. The van der Waals surface area contributed by atoms with E-state index in [1.807, 2.05) is 53.2 Å². The number of benzene rings is 4. The quantitative estimate of drug-likeness (QED) is 0.0918. The highest BCUT2D eigenvalue weighted by Gasteiger charge is 2.28. The Bertz CT molecular complexity index is 2030. The van der Waals surface area contributed by atoms with Crippen LogP contribution in [0.5, 0.6) is 11.5 Å². The maximum atomic E-state index is 14.3. The van der Waals surface area contributed by atoms with Gasteiger partial charge in [-0.3, -0.25) is 9.59 Å². The van der Waals surface area contributed by atoms with E-state index in [4.69, 9.17) is 44.5 Å². The molecule has 0 unspecified atom stereocenters. The van der Waals surface area contributed by atoms with Gasteiger partial charge in [0.2, 0.25) is 11.8 Å². The van der Waals surface area contributed by atoms with Crippen LogP contribution in [-0.4, -0.2) is 38.5 Å². The van der Waals surface area contributed by atoms with E-state index in [0.29, 0.717) is 56.6 Å². The Labute approximate surface area is 324 Å². The summed E-state index contributed by atoms with van der Waals surface area (Å²) in [5.74, 6) is -0.267. The highest BCUT2D eigenvalue weighted by Crippen LogP contribution is 2.32. The third-order valence-electron chi connectivity index (χ3n) is 8.61. The SMILES string of the molecule is CCCCn1cc(-c2ccc(Cl)cc2Cl)nc1[C@H](Cc1ccc(Oc2ccc(C(=O)O)cc2)cc1)NC(=O)[C@H](Cc1ccc(Cl)cc1)NC(=O)C(C)C. The summed E-state index contributed by atoms with van der Waals surface area (Å²) in [7, 11) is 0. The number of carbonyl (C=O) groups is 3. The van der Waals surface area contributed by atoms with Crippen LogP contribution < -0.4 is 15.4 Å². The molecule has 2 atom stereocenters. The Hall–Kier alpha value is -4.83. The lowest BCUT2D eigenvalue weighted by Crippen LogP contribution is -2.50. The van der Waals surface area contributed by atoms with E-state index in [9.17, 15) is 19.5 Å². The maximum Gasteiger partial charge on any atom is 0.335 e. The number of hydrogen-bond acceptors (Lipinski definition) is 5. The van der Waals surface area contributed by atoms with Crippen LogP contribution >= 0.6 is 34.8 Å². The molecule has 9 nitrogen and oxygen atoms in total. The van der Waals surface area contributed by atoms with Gasteiger partial charge in [-0.25, -0.2) is 9.78 Å². The zero-order valence-corrected chi connectivity index (χ0v) is 31.9. The van der Waals surface area contributed by atoms with Crippen molar-refractivity contribution < 1.29 is 24.2 Å². The second kappa shape index (κ2) is 18.3. The molecular weight excluding hydrogens is 735 g/mol. The van der Waals surface area contributed by atoms with Crippen molar-refractivity contribution in [2.45, 2.75) is 65.1 Å². The Morgan fingerprint density at radius 2 is 1.40 bits per heavy atom. The highest BCUT2D eigenvalue weighted by molar-refractivity contribution is 6.36. The molecule has 1 heterocycles. The largest absolute Gasteiger partial charge is 0.478 e. The Kier molecular flexibility index (Phi) is 13.6. The highest BCUT2D eigenvalue weighted by atomic mass is 35.5. The predicted molar refractivity (Wildman–Crippen MR) is 209 cm³/mol. The molecule has 276 valence electrons. The van der Waals surface area contributed by atoms with Crippen molar-refractivity contribution in [3.63, 3.8) is 0 Å². The maximum absolute atomic E-state index is 14.3. The Balaban J connectivity index is 1.49. The Morgan fingerprint density at radius 1 is 0.792 bits per heavy atom. The van der Waals surface area contributed by atoms with Crippen LogP contribution in [0.15, 0.2) is 97.2 Å². The molecule has 0 aliphatic carbocycles. The summed E-state index contributed by atoms with van der Waals surface area (Å²) < 4.78 is 8.01. The van der Waals surface area contributed by atoms with E-state index < -0.39 is 18.1 Å². The van der Waals surface area contributed by atoms with Gasteiger partial charge in [0.05, 0.1) is 22.3 Å². The van der Waals surface area contributed by atoms with Crippen LogP contribution in [0, 0.1) is 5.92 Å². The molecule has 5 aromatic rings. The number of unbranched alkanes of at least 4 members (excludes halogenated alkanes) is 1. The number of carboxylic acid groups (broad SMARTS) is 1. The molecule has 4 aromatic carbocycles. The van der Waals surface area contributed by atoms with Crippen LogP contribution in [0.4, 0.5) is 0 Å². The van der Waals surface area contributed by atoms with Gasteiger partial charge in [0, 0.05) is 40.7 Å². The molecule has 2 amide bonds. The van der Waals surface area contributed by atoms with Crippen molar-refractivity contribution >= 4 is 52.6 Å². The molecule has 1 aromatic heterocycles. The van der Waals surface area contributed by atoms with Crippen molar-refractivity contribution in [3.05, 3.63) is 135 Å². The van der Waals surface area contributed by atoms with Crippen LogP contribution in [0.2, 0.25) is 15.1 Å². The third kappa shape index (κ3) is 10.9. The van der Waals surface area contributed by atoms with E-state index in [1.165, 1.54) is 12.1 Å². The minimum atomic E-state index is -1.01. The summed E-state index contributed by atoms with van der Waals surface area (Å²) in [5, 5.41) is 16.9. The summed E-state index contributed by atoms with van der Waals surface area (Å²) in [5.41, 5.74) is 3.24. The fourth-order valence-corrected chi connectivity index (χ4v) is 6.29. The number of amides is 2. The van der Waals surface area contributed by atoms with Crippen LogP contribution in [0.25, 0.3) is 11.3 Å². The standard InChI is InChI=1S/C41H41Cl3N4O5/c1-4-5-20-48-24-37(33-19-14-30(43)23-34(33)44)45-38(48)35(21-27-8-15-31(16-9-27)53-32-17-10-28(11-18-32)41(51)52)46-40(50)36(47-39(49)25(2)3)22-26-6-12-29(42)13-7-26/h6-19,23-25,35-36H,4-5,20-22H2,1-3H3,(H,46,50)(H,47,49)(H,51,52)/t35-,36-/m0/s1. The first kappa shape index (κ1) is 39.4. The number of aryl methyl sites for hydroxylation is 1. The number of nitrogens with one attached hydrogen (secondary N) is 2. The lowest BCUT2D eigenvalue weighted by atomic mass is 10.0. The summed E-state index contributed by atoms with van der Waals surface area (Å²) in [6, 6.07) is 24.6. The van der Waals surface area contributed by atoms with E-state index in [-0.39, 0.29) is 29.7 Å². The normalized spacial score (nSPS) is 12.3. The van der Waals surface area contributed by atoms with Gasteiger partial charge >= 0.3 is 5.97 Å². The van der Waals surface area contributed by atoms with Gasteiger partial charge < -0.3 is 25.0 Å². The second-order valence-corrected chi connectivity index (χ2v) is 14.3. The topological polar surface area (TPSA) is 123 Å². The molecule has 12 heteroatoms. The van der Waals surface area contributed by atoms with Gasteiger partial charge in [-0.15, -0.1) is 0 Å².